The molecule has 0 saturated heterocycles. The van der Waals surface area contributed by atoms with Crippen LogP contribution in [0.15, 0.2) is 0 Å². The molecule has 86 valence electrons. The van der Waals surface area contributed by atoms with Gasteiger partial charge in [0.2, 0.25) is 5.95 Å². The third kappa shape index (κ3) is 1.17. The van der Waals surface area contributed by atoms with Gasteiger partial charge >= 0.3 is 0 Å². The van der Waals surface area contributed by atoms with Gasteiger partial charge in [-0.2, -0.15) is 5.10 Å². The Kier molecular flexibility index (Phi) is 1.81. The van der Waals surface area contributed by atoms with Crippen molar-refractivity contribution in [1.82, 2.24) is 19.3 Å². The topological polar surface area (TPSA) is 61.7 Å². The van der Waals surface area contributed by atoms with E-state index < -0.39 is 0 Å². The van der Waals surface area contributed by atoms with Gasteiger partial charge in [-0.1, -0.05) is 0 Å². The van der Waals surface area contributed by atoms with Crippen LogP contribution in [0.25, 0.3) is 11.2 Å². The molecule has 0 aliphatic heterocycles. The van der Waals surface area contributed by atoms with Crippen LogP contribution in [0.2, 0.25) is 0 Å². The monoisotopic (exact) mass is 219 g/mol. The number of fused-ring (bicyclic) bond motifs is 1. The summed E-state index contributed by atoms with van der Waals surface area (Å²) in [4.78, 5) is 4.42. The summed E-state index contributed by atoms with van der Waals surface area (Å²) in [6.07, 6.45) is 2.61. The van der Waals surface area contributed by atoms with Crippen molar-refractivity contribution >= 4 is 17.1 Å². The molecule has 0 spiro atoms. The highest BCUT2D eigenvalue weighted by Crippen LogP contribution is 2.41. The first kappa shape index (κ1) is 9.69. The van der Waals surface area contributed by atoms with Gasteiger partial charge in [0.15, 0.2) is 5.65 Å². The molecule has 1 atom stereocenters. The van der Waals surface area contributed by atoms with Crippen molar-refractivity contribution < 1.29 is 0 Å². The fourth-order valence-electron chi connectivity index (χ4n) is 2.50. The lowest BCUT2D eigenvalue weighted by Gasteiger charge is -2.14. The average molecular weight is 219 g/mol. The Bertz CT molecular complexity index is 546. The van der Waals surface area contributed by atoms with Gasteiger partial charge in [0.05, 0.1) is 5.69 Å². The maximum atomic E-state index is 6.01. The Hall–Kier alpha value is -1.52. The number of hydrogen-bond donors (Lipinski definition) is 1. The molecular formula is C11H17N5. The SMILES string of the molecule is Cc1nn(C)c2c1nc(N)n2C(C)C1CC1. The van der Waals surface area contributed by atoms with Crippen molar-refractivity contribution in [3.05, 3.63) is 5.69 Å². The molecule has 0 amide bonds. The van der Waals surface area contributed by atoms with Gasteiger partial charge < -0.3 is 5.73 Å². The molecule has 2 aromatic heterocycles. The average Bonchev–Trinajstić information content (AvgIpc) is 2.95. The zero-order valence-corrected chi connectivity index (χ0v) is 9.94. The lowest BCUT2D eigenvalue weighted by atomic mass is 10.2. The van der Waals surface area contributed by atoms with Gasteiger partial charge in [0.1, 0.15) is 5.52 Å². The zero-order chi connectivity index (χ0) is 11.4. The molecule has 0 radical (unpaired) electrons. The minimum atomic E-state index is 0.430. The number of imidazole rings is 1. The van der Waals surface area contributed by atoms with E-state index in [1.165, 1.54) is 12.8 Å². The molecule has 2 aromatic rings. The maximum absolute atomic E-state index is 6.01. The summed E-state index contributed by atoms with van der Waals surface area (Å²) in [5.41, 5.74) is 8.95. The molecule has 1 unspecified atom stereocenters. The van der Waals surface area contributed by atoms with Gasteiger partial charge in [-0.15, -0.1) is 0 Å². The molecule has 0 aromatic carbocycles. The molecular weight excluding hydrogens is 202 g/mol. The van der Waals surface area contributed by atoms with Crippen LogP contribution in [-0.2, 0) is 7.05 Å². The Morgan fingerprint density at radius 1 is 1.44 bits per heavy atom. The maximum Gasteiger partial charge on any atom is 0.202 e. The zero-order valence-electron chi connectivity index (χ0n) is 9.94. The van der Waals surface area contributed by atoms with Gasteiger partial charge in [0.25, 0.3) is 0 Å². The predicted octanol–water partition coefficient (Wildman–Crippen LogP) is 1.63. The molecule has 1 saturated carbocycles. The summed E-state index contributed by atoms with van der Waals surface area (Å²) in [5, 5.41) is 4.39. The third-order valence-corrected chi connectivity index (χ3v) is 3.57. The molecule has 3 rings (SSSR count). The number of nitrogens with two attached hydrogens (primary N) is 1. The highest BCUT2D eigenvalue weighted by Gasteiger charge is 2.32. The second-order valence-electron chi connectivity index (χ2n) is 4.80. The minimum absolute atomic E-state index is 0.430. The van der Waals surface area contributed by atoms with Crippen LogP contribution in [0.5, 0.6) is 0 Å². The highest BCUT2D eigenvalue weighted by molar-refractivity contribution is 5.77. The largest absolute Gasteiger partial charge is 0.369 e. The number of hydrogen-bond acceptors (Lipinski definition) is 3. The van der Waals surface area contributed by atoms with E-state index in [1.807, 2.05) is 18.7 Å². The summed E-state index contributed by atoms with van der Waals surface area (Å²) in [6, 6.07) is 0.430. The first-order valence-corrected chi connectivity index (χ1v) is 5.76. The Morgan fingerprint density at radius 2 is 2.12 bits per heavy atom. The van der Waals surface area contributed by atoms with Crippen LogP contribution >= 0.6 is 0 Å². The summed E-state index contributed by atoms with van der Waals surface area (Å²) >= 11 is 0. The second kappa shape index (κ2) is 2.99. The molecule has 2 heterocycles. The van der Waals surface area contributed by atoms with E-state index in [-0.39, 0.29) is 0 Å². The van der Waals surface area contributed by atoms with Gasteiger partial charge in [-0.05, 0) is 32.6 Å². The lowest BCUT2D eigenvalue weighted by Crippen LogP contribution is -2.12. The summed E-state index contributed by atoms with van der Waals surface area (Å²) in [6.45, 7) is 4.19. The summed E-state index contributed by atoms with van der Waals surface area (Å²) in [5.74, 6) is 1.38. The number of nitrogens with zero attached hydrogens (tertiary/aromatic N) is 4. The number of nitrogen functional groups attached to an aromatic ring is 1. The molecule has 16 heavy (non-hydrogen) atoms. The van der Waals surface area contributed by atoms with Crippen molar-refractivity contribution in [2.75, 3.05) is 5.73 Å². The van der Waals surface area contributed by atoms with Gasteiger partial charge in [0, 0.05) is 13.1 Å². The van der Waals surface area contributed by atoms with Crippen molar-refractivity contribution in [2.24, 2.45) is 13.0 Å². The Labute approximate surface area is 94.2 Å². The van der Waals surface area contributed by atoms with Crippen LogP contribution in [0, 0.1) is 12.8 Å². The number of aromatic nitrogens is 4. The van der Waals surface area contributed by atoms with E-state index in [0.717, 1.165) is 22.8 Å². The quantitative estimate of drug-likeness (QED) is 0.835. The molecule has 2 N–H and O–H groups in total. The fraction of sp³-hybridized carbons (Fsp3) is 0.636. The van der Waals surface area contributed by atoms with Crippen LogP contribution < -0.4 is 5.73 Å². The Morgan fingerprint density at radius 3 is 2.75 bits per heavy atom. The number of rotatable bonds is 2. The third-order valence-electron chi connectivity index (χ3n) is 3.57. The lowest BCUT2D eigenvalue weighted by molar-refractivity contribution is 0.494. The smallest absolute Gasteiger partial charge is 0.202 e. The van der Waals surface area contributed by atoms with Crippen molar-refractivity contribution in [2.45, 2.75) is 32.7 Å². The van der Waals surface area contributed by atoms with E-state index >= 15 is 0 Å². The molecule has 1 aliphatic carbocycles. The first-order chi connectivity index (χ1) is 7.59. The first-order valence-electron chi connectivity index (χ1n) is 5.76. The van der Waals surface area contributed by atoms with Crippen molar-refractivity contribution in [1.29, 1.82) is 0 Å². The van der Waals surface area contributed by atoms with E-state index in [9.17, 15) is 0 Å². The van der Waals surface area contributed by atoms with Gasteiger partial charge in [-0.3, -0.25) is 9.25 Å². The Balaban J connectivity index is 2.24. The molecule has 1 aliphatic rings. The van der Waals surface area contributed by atoms with Crippen LogP contribution in [0.4, 0.5) is 5.95 Å². The van der Waals surface area contributed by atoms with Crippen molar-refractivity contribution in [3.63, 3.8) is 0 Å². The fourth-order valence-corrected chi connectivity index (χ4v) is 2.50. The number of aryl methyl sites for hydroxylation is 2. The van der Waals surface area contributed by atoms with E-state index in [0.29, 0.717) is 12.0 Å². The number of anilines is 1. The van der Waals surface area contributed by atoms with Crippen LogP contribution in [-0.4, -0.2) is 19.3 Å². The summed E-state index contributed by atoms with van der Waals surface area (Å²) in [7, 11) is 1.95. The van der Waals surface area contributed by atoms with Crippen LogP contribution in [0.1, 0.15) is 31.5 Å². The molecule has 1 fully saturated rings. The van der Waals surface area contributed by atoms with Crippen LogP contribution in [0.3, 0.4) is 0 Å². The molecule has 5 heteroatoms. The molecule has 5 nitrogen and oxygen atoms in total. The standard InChI is InChI=1S/C11H17N5/c1-6-9-10(15(3)14-6)16(11(12)13-9)7(2)8-4-5-8/h7-8H,4-5H2,1-3H3,(H2,12,13). The normalized spacial score (nSPS) is 18.2. The highest BCUT2D eigenvalue weighted by atomic mass is 15.4. The summed E-state index contributed by atoms with van der Waals surface area (Å²) < 4.78 is 4.01. The molecule has 0 bridgehead atoms. The van der Waals surface area contributed by atoms with E-state index in [4.69, 9.17) is 5.73 Å². The van der Waals surface area contributed by atoms with Crippen molar-refractivity contribution in [3.8, 4) is 0 Å². The van der Waals surface area contributed by atoms with E-state index in [2.05, 4.69) is 21.6 Å². The van der Waals surface area contributed by atoms with Gasteiger partial charge in [-0.25, -0.2) is 4.98 Å². The minimum Gasteiger partial charge on any atom is -0.369 e. The second-order valence-corrected chi connectivity index (χ2v) is 4.80. The van der Waals surface area contributed by atoms with E-state index in [1.54, 1.807) is 0 Å². The predicted molar refractivity (Wildman–Crippen MR) is 63.1 cm³/mol.